The number of hydrogen-bond donors (Lipinski definition) is 2. The van der Waals surface area contributed by atoms with Gasteiger partial charge in [-0.1, -0.05) is 17.7 Å². The van der Waals surface area contributed by atoms with Gasteiger partial charge in [0, 0.05) is 17.3 Å². The van der Waals surface area contributed by atoms with E-state index in [-0.39, 0.29) is 0 Å². The molecule has 90 valence electrons. The minimum atomic E-state index is -4.61. The van der Waals surface area contributed by atoms with E-state index in [4.69, 9.17) is 16.7 Å². The number of benzene rings is 1. The highest BCUT2D eigenvalue weighted by atomic mass is 35.5. The summed E-state index contributed by atoms with van der Waals surface area (Å²) in [5, 5.41) is 11.7. The molecular weight excluding hydrogens is 243 g/mol. The van der Waals surface area contributed by atoms with Crippen molar-refractivity contribution in [3.8, 4) is 0 Å². The average molecular weight is 254 g/mol. The molecule has 0 aliphatic rings. The molecule has 16 heavy (non-hydrogen) atoms. The number of alkyl halides is 3. The number of halogens is 4. The van der Waals surface area contributed by atoms with Crippen LogP contribution in [0.4, 0.5) is 18.9 Å². The quantitative estimate of drug-likeness (QED) is 0.868. The molecule has 1 unspecified atom stereocenters. The van der Waals surface area contributed by atoms with Crippen molar-refractivity contribution >= 4 is 17.3 Å². The molecule has 2 N–H and O–H groups in total. The maximum absolute atomic E-state index is 12.0. The van der Waals surface area contributed by atoms with Crippen LogP contribution in [-0.2, 0) is 0 Å². The smallest absolute Gasteiger partial charge is 0.382 e. The second kappa shape index (κ2) is 4.93. The Morgan fingerprint density at radius 2 is 2.06 bits per heavy atom. The van der Waals surface area contributed by atoms with Gasteiger partial charge in [-0.05, 0) is 24.6 Å². The summed E-state index contributed by atoms with van der Waals surface area (Å²) in [6, 6.07) is 4.80. The van der Waals surface area contributed by atoms with Crippen molar-refractivity contribution in [2.75, 3.05) is 11.9 Å². The normalized spacial score (nSPS) is 13.6. The van der Waals surface area contributed by atoms with E-state index in [1.54, 1.807) is 19.1 Å². The van der Waals surface area contributed by atoms with Gasteiger partial charge in [0.15, 0.2) is 6.10 Å². The van der Waals surface area contributed by atoms with E-state index in [0.717, 1.165) is 5.56 Å². The van der Waals surface area contributed by atoms with Crippen LogP contribution < -0.4 is 5.32 Å². The van der Waals surface area contributed by atoms with E-state index >= 15 is 0 Å². The second-order valence-corrected chi connectivity index (χ2v) is 3.81. The van der Waals surface area contributed by atoms with Gasteiger partial charge in [-0.2, -0.15) is 13.2 Å². The number of hydrogen-bond acceptors (Lipinski definition) is 2. The van der Waals surface area contributed by atoms with Crippen LogP contribution >= 0.6 is 11.6 Å². The molecule has 2 nitrogen and oxygen atoms in total. The zero-order valence-corrected chi connectivity index (χ0v) is 9.23. The molecule has 0 heterocycles. The number of anilines is 1. The van der Waals surface area contributed by atoms with Crippen LogP contribution in [0.1, 0.15) is 5.56 Å². The standard InChI is InChI=1S/C10H11ClF3NO/c1-6-2-3-7(4-8(6)11)15-5-9(16)10(12,13)14/h2-4,9,15-16H,5H2,1H3. The van der Waals surface area contributed by atoms with Crippen LogP contribution in [0.2, 0.25) is 5.02 Å². The van der Waals surface area contributed by atoms with E-state index in [2.05, 4.69) is 5.32 Å². The molecule has 1 aromatic carbocycles. The molecule has 0 bridgehead atoms. The van der Waals surface area contributed by atoms with Crippen LogP contribution in [0.5, 0.6) is 0 Å². The molecule has 0 fully saturated rings. The largest absolute Gasteiger partial charge is 0.416 e. The molecule has 1 atom stereocenters. The Morgan fingerprint density at radius 1 is 1.44 bits per heavy atom. The average Bonchev–Trinajstić information content (AvgIpc) is 2.18. The van der Waals surface area contributed by atoms with E-state index in [9.17, 15) is 13.2 Å². The molecule has 0 aromatic heterocycles. The van der Waals surface area contributed by atoms with Crippen LogP contribution in [0.15, 0.2) is 18.2 Å². The lowest BCUT2D eigenvalue weighted by atomic mass is 10.2. The zero-order valence-electron chi connectivity index (χ0n) is 8.48. The summed E-state index contributed by atoms with van der Waals surface area (Å²) < 4.78 is 35.9. The first-order chi connectivity index (χ1) is 7.30. The summed E-state index contributed by atoms with van der Waals surface area (Å²) >= 11 is 5.79. The predicted molar refractivity (Wildman–Crippen MR) is 56.7 cm³/mol. The fraction of sp³-hybridized carbons (Fsp3) is 0.400. The van der Waals surface area contributed by atoms with Crippen LogP contribution in [0.25, 0.3) is 0 Å². The summed E-state index contributed by atoms with van der Waals surface area (Å²) in [6.07, 6.45) is -6.99. The number of aryl methyl sites for hydroxylation is 1. The molecule has 0 radical (unpaired) electrons. The van der Waals surface area contributed by atoms with Gasteiger partial charge in [-0.25, -0.2) is 0 Å². The first kappa shape index (κ1) is 13.1. The molecule has 1 aromatic rings. The number of aliphatic hydroxyl groups excluding tert-OH is 1. The van der Waals surface area contributed by atoms with Gasteiger partial charge in [0.1, 0.15) is 0 Å². The summed E-state index contributed by atoms with van der Waals surface area (Å²) in [4.78, 5) is 0. The van der Waals surface area contributed by atoms with Gasteiger partial charge in [0.2, 0.25) is 0 Å². The highest BCUT2D eigenvalue weighted by molar-refractivity contribution is 6.31. The Hall–Kier alpha value is -0.940. The number of aliphatic hydroxyl groups is 1. The summed E-state index contributed by atoms with van der Waals surface area (Å²) in [5.41, 5.74) is 1.28. The van der Waals surface area contributed by atoms with Crippen molar-refractivity contribution < 1.29 is 18.3 Å². The molecule has 6 heteroatoms. The first-order valence-corrected chi connectivity index (χ1v) is 4.93. The van der Waals surface area contributed by atoms with E-state index in [1.807, 2.05) is 0 Å². The Balaban J connectivity index is 2.58. The van der Waals surface area contributed by atoms with Crippen LogP contribution in [-0.4, -0.2) is 23.9 Å². The van der Waals surface area contributed by atoms with Gasteiger partial charge in [0.25, 0.3) is 0 Å². The molecule has 0 saturated heterocycles. The summed E-state index contributed by atoms with van der Waals surface area (Å²) in [6.45, 7) is 1.19. The fourth-order valence-electron chi connectivity index (χ4n) is 1.03. The van der Waals surface area contributed by atoms with Gasteiger partial charge in [0.05, 0.1) is 0 Å². The minimum absolute atomic E-state index is 0.443. The topological polar surface area (TPSA) is 32.3 Å². The van der Waals surface area contributed by atoms with E-state index in [0.29, 0.717) is 10.7 Å². The monoisotopic (exact) mass is 253 g/mol. The van der Waals surface area contributed by atoms with Crippen molar-refractivity contribution in [1.29, 1.82) is 0 Å². The highest BCUT2D eigenvalue weighted by Crippen LogP contribution is 2.22. The van der Waals surface area contributed by atoms with Crippen molar-refractivity contribution in [1.82, 2.24) is 0 Å². The van der Waals surface area contributed by atoms with Crippen molar-refractivity contribution in [3.05, 3.63) is 28.8 Å². The lowest BCUT2D eigenvalue weighted by Crippen LogP contribution is -2.34. The molecule has 1 rings (SSSR count). The van der Waals surface area contributed by atoms with Gasteiger partial charge < -0.3 is 10.4 Å². The van der Waals surface area contributed by atoms with Gasteiger partial charge in [-0.3, -0.25) is 0 Å². The molecule has 0 spiro atoms. The van der Waals surface area contributed by atoms with E-state index < -0.39 is 18.8 Å². The molecular formula is C10H11ClF3NO. The summed E-state index contributed by atoms with van der Waals surface area (Å²) in [7, 11) is 0. The highest BCUT2D eigenvalue weighted by Gasteiger charge is 2.37. The number of rotatable bonds is 3. The molecule has 0 saturated carbocycles. The van der Waals surface area contributed by atoms with Crippen LogP contribution in [0.3, 0.4) is 0 Å². The third-order valence-corrected chi connectivity index (χ3v) is 2.46. The van der Waals surface area contributed by atoms with Crippen LogP contribution in [0, 0.1) is 6.92 Å². The maximum Gasteiger partial charge on any atom is 0.416 e. The summed E-state index contributed by atoms with van der Waals surface area (Å²) in [5.74, 6) is 0. The van der Waals surface area contributed by atoms with Crippen molar-refractivity contribution in [2.24, 2.45) is 0 Å². The second-order valence-electron chi connectivity index (χ2n) is 3.40. The predicted octanol–water partition coefficient (Wildman–Crippen LogP) is 2.98. The molecule has 0 aliphatic carbocycles. The Bertz CT molecular complexity index is 368. The molecule has 0 amide bonds. The zero-order chi connectivity index (χ0) is 12.3. The number of nitrogens with one attached hydrogen (secondary N) is 1. The van der Waals surface area contributed by atoms with Crippen molar-refractivity contribution in [2.45, 2.75) is 19.2 Å². The third-order valence-electron chi connectivity index (χ3n) is 2.05. The maximum atomic E-state index is 12.0. The van der Waals surface area contributed by atoms with Crippen molar-refractivity contribution in [3.63, 3.8) is 0 Å². The van der Waals surface area contributed by atoms with E-state index in [1.165, 1.54) is 6.07 Å². The Labute approximate surface area is 96.0 Å². The first-order valence-electron chi connectivity index (χ1n) is 4.55. The van der Waals surface area contributed by atoms with Gasteiger partial charge >= 0.3 is 6.18 Å². The Morgan fingerprint density at radius 3 is 2.56 bits per heavy atom. The lowest BCUT2D eigenvalue weighted by Gasteiger charge is -2.16. The van der Waals surface area contributed by atoms with Gasteiger partial charge in [-0.15, -0.1) is 0 Å². The Kier molecular flexibility index (Phi) is 4.04. The fourth-order valence-corrected chi connectivity index (χ4v) is 1.21. The molecule has 0 aliphatic heterocycles. The SMILES string of the molecule is Cc1ccc(NCC(O)C(F)(F)F)cc1Cl. The third kappa shape index (κ3) is 3.57. The minimum Gasteiger partial charge on any atom is -0.382 e. The lowest BCUT2D eigenvalue weighted by molar-refractivity contribution is -0.198.